The summed E-state index contributed by atoms with van der Waals surface area (Å²) in [5.74, 6) is 0. The van der Waals surface area contributed by atoms with E-state index in [0.717, 1.165) is 19.4 Å². The van der Waals surface area contributed by atoms with Gasteiger partial charge in [-0.25, -0.2) is 0 Å². The monoisotopic (exact) mass is 300 g/mol. The molecule has 0 N–H and O–H groups in total. The maximum absolute atomic E-state index is 6.41. The summed E-state index contributed by atoms with van der Waals surface area (Å²) in [6.45, 7) is 14.8. The van der Waals surface area contributed by atoms with E-state index in [4.69, 9.17) is 13.9 Å². The zero-order valence-electron chi connectivity index (χ0n) is 14.1. The lowest BCUT2D eigenvalue weighted by molar-refractivity contribution is -0.170. The van der Waals surface area contributed by atoms with Gasteiger partial charge in [-0.05, 0) is 44.3 Å². The van der Waals surface area contributed by atoms with E-state index < -0.39 is 8.32 Å². The molecule has 0 amide bonds. The van der Waals surface area contributed by atoms with Gasteiger partial charge in [-0.2, -0.15) is 0 Å². The highest BCUT2D eigenvalue weighted by Crippen LogP contribution is 2.37. The highest BCUT2D eigenvalue weighted by molar-refractivity contribution is 6.74. The van der Waals surface area contributed by atoms with Crippen molar-refractivity contribution in [3.8, 4) is 0 Å². The molecule has 1 heterocycles. The maximum Gasteiger partial charge on any atom is 0.192 e. The van der Waals surface area contributed by atoms with Crippen molar-refractivity contribution in [1.29, 1.82) is 0 Å². The van der Waals surface area contributed by atoms with E-state index in [1.54, 1.807) is 0 Å². The molecule has 0 bridgehead atoms. The Morgan fingerprint density at radius 2 is 2.00 bits per heavy atom. The summed E-state index contributed by atoms with van der Waals surface area (Å²) in [5, 5.41) is 0.216. The summed E-state index contributed by atoms with van der Waals surface area (Å²) in [6.07, 6.45) is 7.49. The zero-order valence-corrected chi connectivity index (χ0v) is 15.1. The third-order valence-electron chi connectivity index (χ3n) is 4.24. The van der Waals surface area contributed by atoms with Gasteiger partial charge in [0.05, 0.1) is 12.7 Å². The first kappa shape index (κ1) is 17.9. The Labute approximate surface area is 125 Å². The molecule has 118 valence electrons. The molecule has 1 aliphatic rings. The van der Waals surface area contributed by atoms with Gasteiger partial charge < -0.3 is 13.9 Å². The van der Waals surface area contributed by atoms with Crippen LogP contribution in [-0.2, 0) is 13.9 Å². The lowest BCUT2D eigenvalue weighted by Crippen LogP contribution is -2.45. The molecule has 20 heavy (non-hydrogen) atoms. The van der Waals surface area contributed by atoms with Crippen molar-refractivity contribution in [1.82, 2.24) is 0 Å². The molecule has 0 aliphatic carbocycles. The van der Waals surface area contributed by atoms with Crippen molar-refractivity contribution >= 4 is 8.32 Å². The first-order valence-corrected chi connectivity index (χ1v) is 10.7. The average Bonchev–Trinajstić information content (AvgIpc) is 2.36. The van der Waals surface area contributed by atoms with Crippen LogP contribution in [0.1, 0.15) is 47.0 Å². The lowest BCUT2D eigenvalue weighted by atomic mass is 10.2. The summed E-state index contributed by atoms with van der Waals surface area (Å²) in [7, 11) is -1.76. The average molecular weight is 301 g/mol. The molecule has 4 heteroatoms. The molecule has 0 aromatic rings. The molecule has 0 aromatic heterocycles. The highest BCUT2D eigenvalue weighted by atomic mass is 28.4. The number of ether oxygens (including phenoxy) is 2. The van der Waals surface area contributed by atoms with E-state index >= 15 is 0 Å². The topological polar surface area (TPSA) is 27.7 Å². The predicted molar refractivity (Wildman–Crippen MR) is 86.4 cm³/mol. The van der Waals surface area contributed by atoms with Crippen LogP contribution >= 0.6 is 0 Å². The molecule has 0 saturated carbocycles. The minimum Gasteiger partial charge on any atom is -0.408 e. The fourth-order valence-electron chi connectivity index (χ4n) is 1.94. The molecule has 2 atom stereocenters. The number of allylic oxidation sites excluding steroid dienone is 1. The van der Waals surface area contributed by atoms with Crippen molar-refractivity contribution < 1.29 is 13.9 Å². The van der Waals surface area contributed by atoms with Crippen molar-refractivity contribution in [3.63, 3.8) is 0 Å². The smallest absolute Gasteiger partial charge is 0.192 e. The van der Waals surface area contributed by atoms with Crippen molar-refractivity contribution in [3.05, 3.63) is 12.2 Å². The fourth-order valence-corrected chi connectivity index (χ4v) is 3.20. The number of rotatable bonds is 6. The van der Waals surface area contributed by atoms with E-state index in [9.17, 15) is 0 Å². The Kier molecular flexibility index (Phi) is 6.92. The summed E-state index contributed by atoms with van der Waals surface area (Å²) < 4.78 is 17.9. The summed E-state index contributed by atoms with van der Waals surface area (Å²) >= 11 is 0. The van der Waals surface area contributed by atoms with Crippen molar-refractivity contribution in [2.75, 3.05) is 13.2 Å². The van der Waals surface area contributed by atoms with Crippen LogP contribution in [-0.4, -0.2) is 33.9 Å². The second-order valence-electron chi connectivity index (χ2n) is 7.07. The van der Waals surface area contributed by atoms with Crippen LogP contribution in [0.25, 0.3) is 0 Å². The Balaban J connectivity index is 2.51. The quantitative estimate of drug-likeness (QED) is 0.534. The van der Waals surface area contributed by atoms with Crippen LogP contribution in [0.2, 0.25) is 18.1 Å². The van der Waals surface area contributed by atoms with E-state index in [0.29, 0.717) is 6.61 Å². The van der Waals surface area contributed by atoms with Crippen LogP contribution in [0.4, 0.5) is 0 Å². The van der Waals surface area contributed by atoms with Gasteiger partial charge in [0.15, 0.2) is 14.6 Å². The molecular weight excluding hydrogens is 268 g/mol. The van der Waals surface area contributed by atoms with Gasteiger partial charge in [-0.15, -0.1) is 0 Å². The second-order valence-corrected chi connectivity index (χ2v) is 11.8. The largest absolute Gasteiger partial charge is 0.408 e. The van der Waals surface area contributed by atoms with E-state index in [1.165, 1.54) is 6.42 Å². The van der Waals surface area contributed by atoms with E-state index in [2.05, 4.69) is 39.9 Å². The molecule has 2 unspecified atom stereocenters. The Morgan fingerprint density at radius 3 is 2.50 bits per heavy atom. The third-order valence-corrected chi connectivity index (χ3v) is 8.75. The fraction of sp³-hybridized carbons (Fsp3) is 0.875. The molecule has 3 nitrogen and oxygen atoms in total. The van der Waals surface area contributed by atoms with E-state index in [-0.39, 0.29) is 17.4 Å². The molecule has 1 fully saturated rings. The Morgan fingerprint density at radius 1 is 1.30 bits per heavy atom. The van der Waals surface area contributed by atoms with Gasteiger partial charge in [0.25, 0.3) is 0 Å². The minimum absolute atomic E-state index is 0.0337. The Hall–Kier alpha value is -0.163. The van der Waals surface area contributed by atoms with Crippen LogP contribution in [0.3, 0.4) is 0 Å². The SMILES string of the molecule is CC=CC(COC1CCCCO1)O[Si](C)(C)C(C)(C)C. The molecule has 0 radical (unpaired) electrons. The number of hydrogen-bond acceptors (Lipinski definition) is 3. The first-order chi connectivity index (χ1) is 9.26. The van der Waals surface area contributed by atoms with Gasteiger partial charge in [-0.1, -0.05) is 32.9 Å². The standard InChI is InChI=1S/C16H32O3Si/c1-7-10-14(19-20(5,6)16(2,3)4)13-18-15-11-8-9-12-17-15/h7,10,14-15H,8-9,11-13H2,1-6H3. The molecule has 1 aliphatic heterocycles. The predicted octanol–water partition coefficient (Wildman–Crippen LogP) is 4.50. The summed E-state index contributed by atoms with van der Waals surface area (Å²) in [6, 6.07) is 0. The summed E-state index contributed by atoms with van der Waals surface area (Å²) in [4.78, 5) is 0. The van der Waals surface area contributed by atoms with Gasteiger partial charge in [-0.3, -0.25) is 0 Å². The molecule has 1 rings (SSSR count). The second kappa shape index (κ2) is 7.73. The summed E-state index contributed by atoms with van der Waals surface area (Å²) in [5.41, 5.74) is 0. The molecule has 0 aromatic carbocycles. The normalized spacial score (nSPS) is 23.2. The maximum atomic E-state index is 6.41. The van der Waals surface area contributed by atoms with E-state index in [1.807, 2.05) is 13.0 Å². The van der Waals surface area contributed by atoms with Crippen molar-refractivity contribution in [2.24, 2.45) is 0 Å². The third kappa shape index (κ3) is 5.68. The van der Waals surface area contributed by atoms with Crippen molar-refractivity contribution in [2.45, 2.75) is 77.5 Å². The van der Waals surface area contributed by atoms with Crippen LogP contribution in [0, 0.1) is 0 Å². The van der Waals surface area contributed by atoms with Gasteiger partial charge in [0, 0.05) is 6.61 Å². The van der Waals surface area contributed by atoms with Crippen LogP contribution in [0.5, 0.6) is 0 Å². The molecular formula is C16H32O3Si. The number of hydrogen-bond donors (Lipinski definition) is 0. The lowest BCUT2D eigenvalue weighted by Gasteiger charge is -2.39. The van der Waals surface area contributed by atoms with Gasteiger partial charge in [0.1, 0.15) is 0 Å². The molecule has 0 spiro atoms. The molecule has 1 saturated heterocycles. The van der Waals surface area contributed by atoms with Crippen LogP contribution in [0.15, 0.2) is 12.2 Å². The van der Waals surface area contributed by atoms with Gasteiger partial charge in [0.2, 0.25) is 0 Å². The first-order valence-electron chi connectivity index (χ1n) is 7.80. The zero-order chi connectivity index (χ0) is 15.2. The Bertz CT molecular complexity index is 301. The highest BCUT2D eigenvalue weighted by Gasteiger charge is 2.38. The van der Waals surface area contributed by atoms with Crippen LogP contribution < -0.4 is 0 Å². The minimum atomic E-state index is -1.76. The van der Waals surface area contributed by atoms with Gasteiger partial charge >= 0.3 is 0 Å².